The Morgan fingerprint density at radius 2 is 2.00 bits per heavy atom. The van der Waals surface area contributed by atoms with Crippen molar-refractivity contribution in [3.8, 4) is 11.1 Å². The highest BCUT2D eigenvalue weighted by molar-refractivity contribution is 7.88. The maximum absolute atomic E-state index is 13.4. The fourth-order valence-corrected chi connectivity index (χ4v) is 3.88. The summed E-state index contributed by atoms with van der Waals surface area (Å²) in [6, 6.07) is 7.06. The van der Waals surface area contributed by atoms with Gasteiger partial charge in [-0.2, -0.15) is 5.10 Å². The third-order valence-electron chi connectivity index (χ3n) is 4.87. The van der Waals surface area contributed by atoms with Gasteiger partial charge in [-0.05, 0) is 61.1 Å². The van der Waals surface area contributed by atoms with Crippen molar-refractivity contribution in [2.75, 3.05) is 5.75 Å². The summed E-state index contributed by atoms with van der Waals surface area (Å²) in [5, 5.41) is 18.6. The molecule has 0 saturated heterocycles. The molecule has 10 heteroatoms. The molecule has 180 valence electrons. The number of rotatable bonds is 6. The van der Waals surface area contributed by atoms with Crippen molar-refractivity contribution in [2.24, 2.45) is 0 Å². The first kappa shape index (κ1) is 25.4. The van der Waals surface area contributed by atoms with Gasteiger partial charge in [0, 0.05) is 41.1 Å². The molecule has 1 amide bonds. The topological polar surface area (TPSA) is 97.1 Å². The van der Waals surface area contributed by atoms with Gasteiger partial charge in [-0.15, -0.1) is 0 Å². The summed E-state index contributed by atoms with van der Waals surface area (Å²) in [4.78, 5) is 16.3. The van der Waals surface area contributed by atoms with Crippen LogP contribution in [0, 0.1) is 11.6 Å². The zero-order valence-corrected chi connectivity index (χ0v) is 19.7. The summed E-state index contributed by atoms with van der Waals surface area (Å²) in [6.45, 7) is 3.54. The van der Waals surface area contributed by atoms with E-state index in [4.69, 9.17) is 0 Å². The number of pyridine rings is 1. The zero-order chi connectivity index (χ0) is 24.7. The van der Waals surface area contributed by atoms with Crippen LogP contribution in [0.1, 0.15) is 31.5 Å². The Morgan fingerprint density at radius 1 is 1.21 bits per heavy atom. The predicted molar refractivity (Wildman–Crippen MR) is 126 cm³/mol. The predicted octanol–water partition coefficient (Wildman–Crippen LogP) is 3.42. The van der Waals surface area contributed by atoms with Gasteiger partial charge < -0.3 is 10.4 Å². The number of nitrogens with one attached hydrogen (secondary N) is 1. The van der Waals surface area contributed by atoms with Crippen molar-refractivity contribution in [1.29, 1.82) is 0 Å². The summed E-state index contributed by atoms with van der Waals surface area (Å²) in [7, 11) is -0.603. The average molecular weight is 489 g/mol. The van der Waals surface area contributed by atoms with Crippen molar-refractivity contribution in [3.63, 3.8) is 0 Å². The fraction of sp³-hybridized carbons (Fsp3) is 0.292. The van der Waals surface area contributed by atoms with E-state index >= 15 is 0 Å². The number of aromatic nitrogens is 3. The molecule has 1 aliphatic heterocycles. The number of hydrogen-bond acceptors (Lipinski definition) is 5. The molecule has 0 spiro atoms. The molecular weight excluding hydrogens is 462 g/mol. The van der Waals surface area contributed by atoms with Crippen LogP contribution < -0.4 is 5.32 Å². The lowest BCUT2D eigenvalue weighted by Crippen LogP contribution is -2.27. The van der Waals surface area contributed by atoms with Crippen molar-refractivity contribution < 1.29 is 22.9 Å². The highest BCUT2D eigenvalue weighted by atomic mass is 32.2. The molecule has 0 radical (unpaired) electrons. The van der Waals surface area contributed by atoms with Gasteiger partial charge in [0.15, 0.2) is 11.6 Å². The van der Waals surface area contributed by atoms with Crippen LogP contribution in [0.5, 0.6) is 0 Å². The Labute approximate surface area is 199 Å². The Kier molecular flexibility index (Phi) is 8.41. The number of aliphatic hydroxyl groups is 1. The Hall–Kier alpha value is -3.24. The number of benzene rings is 1. The zero-order valence-electron chi connectivity index (χ0n) is 18.9. The standard InChI is InChI=1S/C20H20F2N4O2.C4H6OS/c1-20(2,28)18-7-13(5-6-23-18)9-24-19(27)12-26-11-15(10-25-26)14-3-4-16(21)17(22)8-14;5-6-3-1-2-4-6/h3-8,10-11,28H,9,12H2,1-2H3,(H,24,27);1,3H,2,4H2. The highest BCUT2D eigenvalue weighted by Gasteiger charge is 2.17. The normalized spacial score (nSPS) is 15.0. The maximum Gasteiger partial charge on any atom is 0.241 e. The van der Waals surface area contributed by atoms with E-state index in [0.717, 1.165) is 29.9 Å². The van der Waals surface area contributed by atoms with Crippen LogP contribution in [-0.2, 0) is 34.3 Å². The van der Waals surface area contributed by atoms with Gasteiger partial charge in [-0.3, -0.25) is 18.7 Å². The highest BCUT2D eigenvalue weighted by Crippen LogP contribution is 2.21. The van der Waals surface area contributed by atoms with E-state index in [0.29, 0.717) is 16.8 Å². The largest absolute Gasteiger partial charge is 0.384 e. The van der Waals surface area contributed by atoms with Crippen LogP contribution in [-0.4, -0.2) is 35.7 Å². The fourth-order valence-electron chi connectivity index (χ4n) is 3.02. The Morgan fingerprint density at radius 3 is 2.62 bits per heavy atom. The molecular formula is C24H26F2N4O3S. The minimum Gasteiger partial charge on any atom is -0.384 e. The van der Waals surface area contributed by atoms with Gasteiger partial charge in [0.2, 0.25) is 5.91 Å². The monoisotopic (exact) mass is 488 g/mol. The minimum atomic E-state index is -1.06. The maximum atomic E-state index is 13.4. The number of carbonyl (C=O) groups excluding carboxylic acids is 1. The molecule has 1 unspecified atom stereocenters. The summed E-state index contributed by atoms with van der Waals surface area (Å²) < 4.78 is 38.1. The molecule has 0 aliphatic carbocycles. The molecule has 34 heavy (non-hydrogen) atoms. The van der Waals surface area contributed by atoms with Crippen molar-refractivity contribution in [3.05, 3.63) is 83.3 Å². The summed E-state index contributed by atoms with van der Waals surface area (Å²) in [5.74, 6) is -1.27. The number of halogens is 2. The van der Waals surface area contributed by atoms with Crippen molar-refractivity contribution in [2.45, 2.75) is 39.0 Å². The number of amides is 1. The molecule has 2 N–H and O–H groups in total. The van der Waals surface area contributed by atoms with Gasteiger partial charge in [-0.25, -0.2) is 8.78 Å². The second-order valence-electron chi connectivity index (χ2n) is 8.19. The van der Waals surface area contributed by atoms with E-state index in [1.807, 2.05) is 6.08 Å². The van der Waals surface area contributed by atoms with Crippen LogP contribution in [0.3, 0.4) is 0 Å². The van der Waals surface area contributed by atoms with Crippen LogP contribution >= 0.6 is 0 Å². The van der Waals surface area contributed by atoms with Gasteiger partial charge in [0.25, 0.3) is 0 Å². The van der Waals surface area contributed by atoms with E-state index in [2.05, 4.69) is 15.4 Å². The minimum absolute atomic E-state index is 0.0207. The third-order valence-corrected chi connectivity index (χ3v) is 6.00. The van der Waals surface area contributed by atoms with Crippen LogP contribution in [0.2, 0.25) is 0 Å². The van der Waals surface area contributed by atoms with Gasteiger partial charge in [0.1, 0.15) is 12.1 Å². The SMILES string of the molecule is CC(C)(O)c1cc(CNC(=O)Cn2cc(-c3ccc(F)c(F)c3)cn2)ccn1.O=S1C=CCC1. The number of nitrogens with zero attached hydrogens (tertiary/aromatic N) is 3. The Bertz CT molecular complexity index is 1200. The van der Waals surface area contributed by atoms with Crippen LogP contribution in [0.15, 0.2) is 60.4 Å². The summed E-state index contributed by atoms with van der Waals surface area (Å²) >= 11 is 0. The quantitative estimate of drug-likeness (QED) is 0.554. The smallest absolute Gasteiger partial charge is 0.241 e. The van der Waals surface area contributed by atoms with E-state index in [1.54, 1.807) is 43.8 Å². The first-order valence-corrected chi connectivity index (χ1v) is 12.0. The Balaban J connectivity index is 0.000000469. The first-order valence-electron chi connectivity index (χ1n) is 10.6. The van der Waals surface area contributed by atoms with Crippen LogP contribution in [0.4, 0.5) is 8.78 Å². The van der Waals surface area contributed by atoms with Crippen molar-refractivity contribution >= 4 is 16.7 Å². The molecule has 0 fully saturated rings. The molecule has 1 aromatic carbocycles. The molecule has 3 aromatic rings. The molecule has 2 aromatic heterocycles. The van der Waals surface area contributed by atoms with E-state index in [-0.39, 0.29) is 19.0 Å². The van der Waals surface area contributed by atoms with Gasteiger partial charge in [0.05, 0.1) is 11.9 Å². The van der Waals surface area contributed by atoms with Crippen LogP contribution in [0.25, 0.3) is 11.1 Å². The third kappa shape index (κ3) is 7.39. The van der Waals surface area contributed by atoms with E-state index in [9.17, 15) is 22.9 Å². The second-order valence-corrected chi connectivity index (χ2v) is 9.63. The lowest BCUT2D eigenvalue weighted by molar-refractivity contribution is -0.122. The van der Waals surface area contributed by atoms with E-state index in [1.165, 1.54) is 16.9 Å². The van der Waals surface area contributed by atoms with Gasteiger partial charge in [-0.1, -0.05) is 12.1 Å². The number of carbonyl (C=O) groups is 1. The lowest BCUT2D eigenvalue weighted by atomic mass is 10.0. The molecule has 3 heterocycles. The molecule has 7 nitrogen and oxygen atoms in total. The molecule has 1 aliphatic rings. The number of allylic oxidation sites excluding steroid dienone is 1. The molecule has 1 atom stereocenters. The summed E-state index contributed by atoms with van der Waals surface area (Å²) in [5.41, 5.74) is 1.31. The molecule has 0 saturated carbocycles. The van der Waals surface area contributed by atoms with Gasteiger partial charge >= 0.3 is 0 Å². The molecule has 4 rings (SSSR count). The molecule has 0 bridgehead atoms. The first-order chi connectivity index (χ1) is 16.1. The average Bonchev–Trinajstić information content (AvgIpc) is 3.46. The van der Waals surface area contributed by atoms with E-state index < -0.39 is 28.0 Å². The summed E-state index contributed by atoms with van der Waals surface area (Å²) in [6.07, 6.45) is 7.61. The second kappa shape index (κ2) is 11.3. The lowest BCUT2D eigenvalue weighted by Gasteiger charge is -2.17. The van der Waals surface area contributed by atoms with Crippen molar-refractivity contribution in [1.82, 2.24) is 20.1 Å². The number of hydrogen-bond donors (Lipinski definition) is 2.